The van der Waals surface area contributed by atoms with Crippen LogP contribution in [0, 0.1) is 0 Å². The third-order valence-corrected chi connectivity index (χ3v) is 5.41. The first-order valence-electron chi connectivity index (χ1n) is 7.25. The van der Waals surface area contributed by atoms with Crippen LogP contribution in [0.4, 0.5) is 5.69 Å². The monoisotopic (exact) mass is 379 g/mol. The molecule has 6 nitrogen and oxygen atoms in total. The van der Waals surface area contributed by atoms with E-state index in [1.54, 1.807) is 12.1 Å². The van der Waals surface area contributed by atoms with Gasteiger partial charge in [-0.3, -0.25) is 14.3 Å². The van der Waals surface area contributed by atoms with Gasteiger partial charge in [0.15, 0.2) is 10.9 Å². The molecule has 0 unspecified atom stereocenters. The maximum absolute atomic E-state index is 12.4. The summed E-state index contributed by atoms with van der Waals surface area (Å²) in [7, 11) is -2.31. The second kappa shape index (κ2) is 8.17. The third kappa shape index (κ3) is 5.33. The van der Waals surface area contributed by atoms with Crippen LogP contribution in [0.1, 0.15) is 17.3 Å². The lowest BCUT2D eigenvalue weighted by atomic mass is 10.1. The molecule has 0 heterocycles. The number of anilines is 1. The Balaban J connectivity index is 2.12. The first kappa shape index (κ1) is 19.0. The molecule has 0 spiro atoms. The Morgan fingerprint density at radius 3 is 2.40 bits per heavy atom. The standard InChI is InChI=1S/C17H17NO5S2/c1-12(19)24-11-17(20)13-6-8-14(9-7-13)18-25(21,22)16-5-3-4-15(10-16)23-2/h3-10,18H,11H2,1-2H3. The quantitative estimate of drug-likeness (QED) is 0.744. The minimum absolute atomic E-state index is 0.0597. The number of carbonyl (C=O) groups is 2. The number of carbonyl (C=O) groups excluding carboxylic acids is 2. The van der Waals surface area contributed by atoms with Crippen molar-refractivity contribution in [2.75, 3.05) is 17.6 Å². The number of thioether (sulfide) groups is 1. The first-order chi connectivity index (χ1) is 11.8. The van der Waals surface area contributed by atoms with E-state index < -0.39 is 10.0 Å². The van der Waals surface area contributed by atoms with Crippen molar-refractivity contribution in [3.05, 3.63) is 54.1 Å². The predicted octanol–water partition coefficient (Wildman–Crippen LogP) is 2.96. The Morgan fingerprint density at radius 1 is 1.12 bits per heavy atom. The number of Topliss-reactive ketones (excluding diaryl/α,β-unsaturated/α-hetero) is 1. The van der Waals surface area contributed by atoms with E-state index in [0.717, 1.165) is 11.8 Å². The van der Waals surface area contributed by atoms with E-state index >= 15 is 0 Å². The van der Waals surface area contributed by atoms with Crippen molar-refractivity contribution >= 4 is 38.4 Å². The molecular weight excluding hydrogens is 362 g/mol. The molecule has 0 aliphatic heterocycles. The number of sulfonamides is 1. The fraction of sp³-hybridized carbons (Fsp3) is 0.176. The maximum atomic E-state index is 12.4. The zero-order valence-electron chi connectivity index (χ0n) is 13.7. The van der Waals surface area contributed by atoms with Crippen molar-refractivity contribution in [2.45, 2.75) is 11.8 Å². The lowest BCUT2D eigenvalue weighted by Gasteiger charge is -2.09. The molecule has 8 heteroatoms. The lowest BCUT2D eigenvalue weighted by molar-refractivity contribution is -0.109. The molecule has 0 saturated heterocycles. The molecule has 1 N–H and O–H groups in total. The van der Waals surface area contributed by atoms with Crippen molar-refractivity contribution in [3.8, 4) is 5.75 Å². The minimum atomic E-state index is -3.76. The maximum Gasteiger partial charge on any atom is 0.262 e. The summed E-state index contributed by atoms with van der Waals surface area (Å²) in [5.74, 6) is 0.304. The highest BCUT2D eigenvalue weighted by Gasteiger charge is 2.15. The SMILES string of the molecule is COc1cccc(S(=O)(=O)Nc2ccc(C(=O)CSC(C)=O)cc2)c1. The van der Waals surface area contributed by atoms with Crippen LogP contribution >= 0.6 is 11.8 Å². The Morgan fingerprint density at radius 2 is 1.80 bits per heavy atom. The summed E-state index contributed by atoms with van der Waals surface area (Å²) in [6, 6.07) is 12.2. The molecule has 0 aliphatic rings. The smallest absolute Gasteiger partial charge is 0.262 e. The van der Waals surface area contributed by atoms with Gasteiger partial charge >= 0.3 is 0 Å². The molecule has 2 aromatic carbocycles. The van der Waals surface area contributed by atoms with Crippen LogP contribution in [0.15, 0.2) is 53.4 Å². The van der Waals surface area contributed by atoms with Gasteiger partial charge in [0.05, 0.1) is 17.8 Å². The van der Waals surface area contributed by atoms with Crippen molar-refractivity contribution < 1.29 is 22.7 Å². The van der Waals surface area contributed by atoms with Gasteiger partial charge < -0.3 is 4.74 Å². The van der Waals surface area contributed by atoms with Crippen molar-refractivity contribution in [1.82, 2.24) is 0 Å². The summed E-state index contributed by atoms with van der Waals surface area (Å²) in [6.45, 7) is 1.40. The van der Waals surface area contributed by atoms with E-state index in [1.807, 2.05) is 0 Å². The van der Waals surface area contributed by atoms with Crippen LogP contribution in [-0.2, 0) is 14.8 Å². The topological polar surface area (TPSA) is 89.5 Å². The zero-order chi connectivity index (χ0) is 18.4. The molecule has 0 bridgehead atoms. The van der Waals surface area contributed by atoms with Crippen molar-refractivity contribution in [1.29, 1.82) is 0 Å². The Bertz CT molecular complexity index is 876. The van der Waals surface area contributed by atoms with E-state index in [1.165, 1.54) is 50.4 Å². The van der Waals surface area contributed by atoms with E-state index in [0.29, 0.717) is 17.0 Å². The number of hydrogen-bond donors (Lipinski definition) is 1. The number of ketones is 1. The number of benzene rings is 2. The summed E-state index contributed by atoms with van der Waals surface area (Å²) in [5, 5.41) is -0.129. The van der Waals surface area contributed by atoms with Gasteiger partial charge in [-0.05, 0) is 36.4 Å². The summed E-state index contributed by atoms with van der Waals surface area (Å²) in [4.78, 5) is 22.9. The number of ether oxygens (including phenoxy) is 1. The molecule has 0 aliphatic carbocycles. The largest absolute Gasteiger partial charge is 0.497 e. The fourth-order valence-electron chi connectivity index (χ4n) is 1.96. The summed E-state index contributed by atoms with van der Waals surface area (Å²) in [6.07, 6.45) is 0. The number of hydrogen-bond acceptors (Lipinski definition) is 6. The molecule has 0 atom stereocenters. The molecule has 2 rings (SSSR count). The molecule has 0 radical (unpaired) electrons. The second-order valence-electron chi connectivity index (χ2n) is 5.07. The van der Waals surface area contributed by atoms with Gasteiger partial charge in [0.1, 0.15) is 5.75 Å². The summed E-state index contributed by atoms with van der Waals surface area (Å²) in [5.41, 5.74) is 0.747. The van der Waals surface area contributed by atoms with Crippen LogP contribution < -0.4 is 9.46 Å². The van der Waals surface area contributed by atoms with Crippen molar-refractivity contribution in [3.63, 3.8) is 0 Å². The molecule has 0 aromatic heterocycles. The Kier molecular flexibility index (Phi) is 6.22. The average Bonchev–Trinajstić information content (AvgIpc) is 2.60. The molecule has 132 valence electrons. The lowest BCUT2D eigenvalue weighted by Crippen LogP contribution is -2.13. The molecule has 0 fully saturated rings. The third-order valence-electron chi connectivity index (χ3n) is 3.22. The van der Waals surface area contributed by atoms with Crippen LogP contribution in [0.3, 0.4) is 0 Å². The van der Waals surface area contributed by atoms with E-state index in [9.17, 15) is 18.0 Å². The number of rotatable bonds is 7. The van der Waals surface area contributed by atoms with Gasteiger partial charge in [-0.25, -0.2) is 8.42 Å². The molecule has 25 heavy (non-hydrogen) atoms. The highest BCUT2D eigenvalue weighted by molar-refractivity contribution is 8.14. The second-order valence-corrected chi connectivity index (χ2v) is 7.90. The van der Waals surface area contributed by atoms with Gasteiger partial charge in [0.25, 0.3) is 10.0 Å². The van der Waals surface area contributed by atoms with E-state index in [2.05, 4.69) is 4.72 Å². The Labute approximate surface area is 150 Å². The first-order valence-corrected chi connectivity index (χ1v) is 9.72. The van der Waals surface area contributed by atoms with Gasteiger partial charge in [0.2, 0.25) is 0 Å². The summed E-state index contributed by atoms with van der Waals surface area (Å²) < 4.78 is 32.3. The number of methoxy groups -OCH3 is 1. The highest BCUT2D eigenvalue weighted by Crippen LogP contribution is 2.21. The summed E-state index contributed by atoms with van der Waals surface area (Å²) >= 11 is 0.937. The van der Waals surface area contributed by atoms with Crippen LogP contribution in [-0.4, -0.2) is 32.2 Å². The number of nitrogens with one attached hydrogen (secondary N) is 1. The normalized spacial score (nSPS) is 11.0. The fourth-order valence-corrected chi connectivity index (χ4v) is 3.55. The van der Waals surface area contributed by atoms with Crippen molar-refractivity contribution in [2.24, 2.45) is 0 Å². The average molecular weight is 379 g/mol. The highest BCUT2D eigenvalue weighted by atomic mass is 32.2. The molecule has 0 saturated carbocycles. The van der Waals surface area contributed by atoms with E-state index in [-0.39, 0.29) is 21.5 Å². The zero-order valence-corrected chi connectivity index (χ0v) is 15.3. The van der Waals surface area contributed by atoms with Gasteiger partial charge in [-0.1, -0.05) is 17.8 Å². The van der Waals surface area contributed by atoms with Crippen LogP contribution in [0.5, 0.6) is 5.75 Å². The van der Waals surface area contributed by atoms with Crippen LogP contribution in [0.25, 0.3) is 0 Å². The molecule has 0 amide bonds. The van der Waals surface area contributed by atoms with Gasteiger partial charge in [-0.15, -0.1) is 0 Å². The minimum Gasteiger partial charge on any atom is -0.497 e. The van der Waals surface area contributed by atoms with Gasteiger partial charge in [0, 0.05) is 24.2 Å². The van der Waals surface area contributed by atoms with Gasteiger partial charge in [-0.2, -0.15) is 0 Å². The van der Waals surface area contributed by atoms with E-state index in [4.69, 9.17) is 4.74 Å². The molecular formula is C17H17NO5S2. The predicted molar refractivity (Wildman–Crippen MR) is 97.7 cm³/mol. The Hall–Kier alpha value is -2.32. The van der Waals surface area contributed by atoms with Crippen LogP contribution in [0.2, 0.25) is 0 Å². The molecule has 2 aromatic rings.